The summed E-state index contributed by atoms with van der Waals surface area (Å²) < 4.78 is 1.80. The average Bonchev–Trinajstić information content (AvgIpc) is 3.10. The van der Waals surface area contributed by atoms with E-state index in [0.29, 0.717) is 28.0 Å². The molecule has 28 heavy (non-hydrogen) atoms. The molecule has 9 heteroatoms. The highest BCUT2D eigenvalue weighted by atomic mass is 35.5. The Bertz CT molecular complexity index is 952. The van der Waals surface area contributed by atoms with Crippen molar-refractivity contribution in [3.8, 4) is 0 Å². The third-order valence-electron chi connectivity index (χ3n) is 5.05. The number of nitrogens with one attached hydrogen (secondary N) is 2. The molecule has 1 fully saturated rings. The van der Waals surface area contributed by atoms with Gasteiger partial charge in [-0.3, -0.25) is 0 Å². The minimum absolute atomic E-state index is 0.105. The van der Waals surface area contributed by atoms with Gasteiger partial charge in [0.05, 0.1) is 6.04 Å². The van der Waals surface area contributed by atoms with Gasteiger partial charge in [0.15, 0.2) is 17.0 Å². The van der Waals surface area contributed by atoms with Gasteiger partial charge >= 0.3 is 0 Å². The van der Waals surface area contributed by atoms with E-state index in [0.717, 1.165) is 24.9 Å². The summed E-state index contributed by atoms with van der Waals surface area (Å²) in [6.07, 6.45) is 4.37. The summed E-state index contributed by atoms with van der Waals surface area (Å²) in [5.74, 6) is 1.14. The Balaban J connectivity index is 1.72. The van der Waals surface area contributed by atoms with Gasteiger partial charge in [0.25, 0.3) is 0 Å². The molecule has 1 saturated carbocycles. The second-order valence-electron chi connectivity index (χ2n) is 7.53. The molecule has 0 amide bonds. The number of nitrogens with two attached hydrogens (primary N) is 1. The molecule has 2 atom stereocenters. The predicted octanol–water partition coefficient (Wildman–Crippen LogP) is 3.88. The van der Waals surface area contributed by atoms with Crippen LogP contribution in [0.3, 0.4) is 0 Å². The van der Waals surface area contributed by atoms with E-state index in [4.69, 9.17) is 22.3 Å². The van der Waals surface area contributed by atoms with Crippen LogP contribution < -0.4 is 16.4 Å². The molecule has 8 nitrogen and oxygen atoms in total. The quantitative estimate of drug-likeness (QED) is 0.596. The van der Waals surface area contributed by atoms with E-state index < -0.39 is 0 Å². The van der Waals surface area contributed by atoms with Crippen molar-refractivity contribution in [3.63, 3.8) is 0 Å². The van der Waals surface area contributed by atoms with E-state index in [9.17, 15) is 0 Å². The second kappa shape index (κ2) is 7.89. The molecule has 4 rings (SSSR count). The van der Waals surface area contributed by atoms with Crippen molar-refractivity contribution >= 4 is 40.2 Å². The maximum Gasteiger partial charge on any atom is 0.227 e. The topological polar surface area (TPSA) is 107 Å². The lowest BCUT2D eigenvalue weighted by molar-refractivity contribution is 0.402. The molecule has 2 heterocycles. The van der Waals surface area contributed by atoms with Crippen LogP contribution in [-0.2, 0) is 0 Å². The zero-order valence-corrected chi connectivity index (χ0v) is 16.8. The van der Waals surface area contributed by atoms with Crippen LogP contribution in [0.2, 0.25) is 5.02 Å². The summed E-state index contributed by atoms with van der Waals surface area (Å²) in [4.78, 5) is 9.38. The van der Waals surface area contributed by atoms with Crippen LogP contribution in [0.5, 0.6) is 0 Å². The normalized spacial score (nSPS) is 19.9. The summed E-state index contributed by atoms with van der Waals surface area (Å²) in [5, 5.41) is 16.0. The first kappa shape index (κ1) is 18.9. The van der Waals surface area contributed by atoms with Crippen LogP contribution in [0.25, 0.3) is 11.2 Å². The molecule has 2 aromatic heterocycles. The Kier molecular flexibility index (Phi) is 5.32. The van der Waals surface area contributed by atoms with Crippen molar-refractivity contribution in [1.82, 2.24) is 25.0 Å². The van der Waals surface area contributed by atoms with Gasteiger partial charge in [-0.1, -0.05) is 29.7 Å². The number of hydrogen-bond acceptors (Lipinski definition) is 7. The Labute approximate surface area is 168 Å². The van der Waals surface area contributed by atoms with E-state index in [1.54, 1.807) is 4.68 Å². The monoisotopic (exact) mass is 400 g/mol. The lowest BCUT2D eigenvalue weighted by Gasteiger charge is -2.29. The molecule has 2 unspecified atom stereocenters. The molecule has 148 valence electrons. The molecular weight excluding hydrogens is 376 g/mol. The Morgan fingerprint density at radius 3 is 2.61 bits per heavy atom. The van der Waals surface area contributed by atoms with Crippen LogP contribution in [-0.4, -0.2) is 37.0 Å². The number of aromatic nitrogens is 5. The molecule has 1 aliphatic rings. The predicted molar refractivity (Wildman–Crippen MR) is 112 cm³/mol. The molecule has 0 aliphatic heterocycles. The van der Waals surface area contributed by atoms with Crippen LogP contribution in [0.4, 0.5) is 17.5 Å². The summed E-state index contributed by atoms with van der Waals surface area (Å²) >= 11 is 5.99. The molecule has 0 spiro atoms. The van der Waals surface area contributed by atoms with Crippen molar-refractivity contribution < 1.29 is 0 Å². The fourth-order valence-electron chi connectivity index (χ4n) is 3.50. The van der Waals surface area contributed by atoms with Crippen molar-refractivity contribution in [2.45, 2.75) is 57.7 Å². The maximum atomic E-state index is 6.30. The van der Waals surface area contributed by atoms with Crippen molar-refractivity contribution in [2.75, 3.05) is 10.6 Å². The minimum Gasteiger partial charge on any atom is -0.350 e. The van der Waals surface area contributed by atoms with Crippen LogP contribution in [0.15, 0.2) is 24.3 Å². The first-order valence-electron chi connectivity index (χ1n) is 9.69. The smallest absolute Gasteiger partial charge is 0.227 e. The number of benzene rings is 1. The molecule has 1 aliphatic carbocycles. The molecule has 0 bridgehead atoms. The lowest BCUT2D eigenvalue weighted by atomic mass is 9.91. The fraction of sp³-hybridized carbons (Fsp3) is 0.474. The molecule has 0 saturated heterocycles. The second-order valence-corrected chi connectivity index (χ2v) is 7.96. The summed E-state index contributed by atoms with van der Waals surface area (Å²) in [6, 6.07) is 7.85. The number of hydrogen-bond donors (Lipinski definition) is 3. The van der Waals surface area contributed by atoms with Crippen LogP contribution in [0, 0.1) is 0 Å². The first-order valence-corrected chi connectivity index (χ1v) is 10.1. The van der Waals surface area contributed by atoms with Crippen LogP contribution >= 0.6 is 11.6 Å². The Morgan fingerprint density at radius 2 is 1.89 bits per heavy atom. The number of fused-ring (bicyclic) bond motifs is 1. The van der Waals surface area contributed by atoms with Gasteiger partial charge in [-0.2, -0.15) is 9.97 Å². The highest BCUT2D eigenvalue weighted by molar-refractivity contribution is 6.30. The highest BCUT2D eigenvalue weighted by Crippen LogP contribution is 2.27. The zero-order valence-electron chi connectivity index (χ0n) is 16.1. The average molecular weight is 401 g/mol. The third kappa shape index (κ3) is 3.88. The van der Waals surface area contributed by atoms with Crippen molar-refractivity contribution in [2.24, 2.45) is 5.73 Å². The summed E-state index contributed by atoms with van der Waals surface area (Å²) in [6.45, 7) is 4.10. The van der Waals surface area contributed by atoms with Gasteiger partial charge < -0.3 is 16.4 Å². The van der Waals surface area contributed by atoms with E-state index >= 15 is 0 Å². The number of anilines is 3. The van der Waals surface area contributed by atoms with E-state index in [-0.39, 0.29) is 18.1 Å². The maximum absolute atomic E-state index is 6.30. The third-order valence-corrected chi connectivity index (χ3v) is 5.31. The van der Waals surface area contributed by atoms with Gasteiger partial charge in [-0.05, 0) is 51.0 Å². The van der Waals surface area contributed by atoms with Crippen molar-refractivity contribution in [1.29, 1.82) is 0 Å². The van der Waals surface area contributed by atoms with Crippen LogP contribution in [0.1, 0.15) is 45.6 Å². The zero-order chi connectivity index (χ0) is 19.7. The van der Waals surface area contributed by atoms with E-state index in [1.807, 2.05) is 38.1 Å². The molecule has 3 aromatic rings. The van der Waals surface area contributed by atoms with E-state index in [1.165, 1.54) is 6.42 Å². The van der Waals surface area contributed by atoms with Gasteiger partial charge in [0.1, 0.15) is 0 Å². The van der Waals surface area contributed by atoms with Gasteiger partial charge in [-0.25, -0.2) is 4.68 Å². The largest absolute Gasteiger partial charge is 0.350 e. The molecule has 0 radical (unpaired) electrons. The lowest BCUT2D eigenvalue weighted by Crippen LogP contribution is -2.43. The number of nitrogens with zero attached hydrogens (tertiary/aromatic N) is 5. The Hall–Kier alpha value is -2.45. The van der Waals surface area contributed by atoms with Gasteiger partial charge in [0, 0.05) is 22.8 Å². The SMILES string of the molecule is CC(C)n1nnc2c(Nc3ccc(Cl)cc3)nc(NC3CCCCC3N)nc21. The molecular formula is C19H25ClN8. The first-order chi connectivity index (χ1) is 13.5. The van der Waals surface area contributed by atoms with Crippen molar-refractivity contribution in [3.05, 3.63) is 29.3 Å². The highest BCUT2D eigenvalue weighted by Gasteiger charge is 2.24. The summed E-state index contributed by atoms with van der Waals surface area (Å²) in [7, 11) is 0. The minimum atomic E-state index is 0.105. The standard InChI is InChI=1S/C19H25ClN8/c1-11(2)28-18-16(26-27-28)17(22-13-9-7-12(20)8-10-13)24-19(25-18)23-15-6-4-3-5-14(15)21/h7-11,14-15H,3-6,21H2,1-2H3,(H2,22,23,24,25). The molecule has 4 N–H and O–H groups in total. The molecule has 1 aromatic carbocycles. The van der Waals surface area contributed by atoms with E-state index in [2.05, 4.69) is 25.9 Å². The number of rotatable bonds is 5. The summed E-state index contributed by atoms with van der Waals surface area (Å²) in [5.41, 5.74) is 8.48. The van der Waals surface area contributed by atoms with Gasteiger partial charge in [0.2, 0.25) is 5.95 Å². The fourth-order valence-corrected chi connectivity index (χ4v) is 3.63. The number of halogens is 1. The van der Waals surface area contributed by atoms with Gasteiger partial charge in [-0.15, -0.1) is 5.10 Å². The Morgan fingerprint density at radius 1 is 1.14 bits per heavy atom.